The van der Waals surface area contributed by atoms with Crippen molar-refractivity contribution >= 4 is 5.91 Å². The van der Waals surface area contributed by atoms with Crippen molar-refractivity contribution in [3.05, 3.63) is 0 Å². The van der Waals surface area contributed by atoms with E-state index in [1.165, 1.54) is 0 Å². The molecule has 1 atom stereocenters. The Kier molecular flexibility index (Phi) is 2.25. The van der Waals surface area contributed by atoms with Gasteiger partial charge in [0.25, 0.3) is 0 Å². The first kappa shape index (κ1) is 7.51. The van der Waals surface area contributed by atoms with Gasteiger partial charge in [-0.25, -0.2) is 0 Å². The number of hydrogen-bond donors (Lipinski definition) is 0. The van der Waals surface area contributed by atoms with Crippen LogP contribution in [0.2, 0.25) is 0 Å². The van der Waals surface area contributed by atoms with Gasteiger partial charge in [-0.1, -0.05) is 0 Å². The van der Waals surface area contributed by atoms with Crippen molar-refractivity contribution in [2.45, 2.75) is 25.3 Å². The summed E-state index contributed by atoms with van der Waals surface area (Å²) in [5.41, 5.74) is 0. The number of rotatable bonds is 2. The van der Waals surface area contributed by atoms with Crippen LogP contribution in [0, 0.1) is 0 Å². The molecule has 1 fully saturated rings. The molecule has 1 saturated heterocycles. The highest BCUT2D eigenvalue weighted by Gasteiger charge is 2.26. The first-order chi connectivity index (χ1) is 4.75. The molecular formula is C7H12FNO. The molecule has 0 radical (unpaired) electrons. The SMILES string of the molecule is CN1C(=O)CCC1CCF. The fourth-order valence-corrected chi connectivity index (χ4v) is 1.33. The van der Waals surface area contributed by atoms with Crippen molar-refractivity contribution in [3.8, 4) is 0 Å². The van der Waals surface area contributed by atoms with Crippen molar-refractivity contribution in [1.29, 1.82) is 0 Å². The lowest BCUT2D eigenvalue weighted by molar-refractivity contribution is -0.127. The molecule has 3 heteroatoms. The van der Waals surface area contributed by atoms with Gasteiger partial charge in [0, 0.05) is 19.5 Å². The molecule has 1 amide bonds. The summed E-state index contributed by atoms with van der Waals surface area (Å²) in [5, 5.41) is 0. The molecule has 0 aromatic rings. The molecule has 10 heavy (non-hydrogen) atoms. The Labute approximate surface area is 60.0 Å². The molecule has 0 N–H and O–H groups in total. The molecule has 1 aliphatic heterocycles. The van der Waals surface area contributed by atoms with E-state index in [2.05, 4.69) is 0 Å². The highest BCUT2D eigenvalue weighted by molar-refractivity contribution is 5.78. The van der Waals surface area contributed by atoms with Crippen LogP contribution >= 0.6 is 0 Å². The third-order valence-electron chi connectivity index (χ3n) is 2.07. The molecule has 2 nitrogen and oxygen atoms in total. The molecule has 1 unspecified atom stereocenters. The molecule has 58 valence electrons. The van der Waals surface area contributed by atoms with E-state index in [1.54, 1.807) is 11.9 Å². The number of carbonyl (C=O) groups is 1. The number of alkyl halides is 1. The highest BCUT2D eigenvalue weighted by Crippen LogP contribution is 2.18. The fourth-order valence-electron chi connectivity index (χ4n) is 1.33. The van der Waals surface area contributed by atoms with Crippen LogP contribution in [0.3, 0.4) is 0 Å². The van der Waals surface area contributed by atoms with Crippen LogP contribution in [0.4, 0.5) is 4.39 Å². The zero-order valence-electron chi connectivity index (χ0n) is 6.14. The minimum atomic E-state index is -0.317. The molecule has 0 aliphatic carbocycles. The minimum Gasteiger partial charge on any atom is -0.343 e. The van der Waals surface area contributed by atoms with Gasteiger partial charge in [0.1, 0.15) is 0 Å². The molecule has 0 aromatic heterocycles. The van der Waals surface area contributed by atoms with E-state index in [0.29, 0.717) is 12.8 Å². The van der Waals surface area contributed by atoms with E-state index in [1.807, 2.05) is 0 Å². The van der Waals surface area contributed by atoms with Gasteiger partial charge in [0.2, 0.25) is 5.91 Å². The average Bonchev–Trinajstić information content (AvgIpc) is 2.20. The second-order valence-corrected chi connectivity index (χ2v) is 2.67. The molecule has 0 saturated carbocycles. The van der Waals surface area contributed by atoms with Crippen molar-refractivity contribution in [1.82, 2.24) is 4.90 Å². The maximum atomic E-state index is 11.8. The summed E-state index contributed by atoms with van der Waals surface area (Å²) < 4.78 is 11.8. The quantitative estimate of drug-likeness (QED) is 0.567. The Morgan fingerprint density at radius 2 is 2.50 bits per heavy atom. The predicted octanol–water partition coefficient (Wildman–Crippen LogP) is 0.967. The maximum absolute atomic E-state index is 11.8. The lowest BCUT2D eigenvalue weighted by Crippen LogP contribution is -2.28. The first-order valence-corrected chi connectivity index (χ1v) is 3.57. The lowest BCUT2D eigenvalue weighted by atomic mass is 10.2. The van der Waals surface area contributed by atoms with Crippen LogP contribution < -0.4 is 0 Å². The third-order valence-corrected chi connectivity index (χ3v) is 2.07. The summed E-state index contributed by atoms with van der Waals surface area (Å²) >= 11 is 0. The van der Waals surface area contributed by atoms with Crippen LogP contribution in [0.1, 0.15) is 19.3 Å². The van der Waals surface area contributed by atoms with Crippen LogP contribution in [-0.4, -0.2) is 30.6 Å². The van der Waals surface area contributed by atoms with Crippen molar-refractivity contribution < 1.29 is 9.18 Å². The van der Waals surface area contributed by atoms with Gasteiger partial charge >= 0.3 is 0 Å². The summed E-state index contributed by atoms with van der Waals surface area (Å²) in [5.74, 6) is 0.151. The van der Waals surface area contributed by atoms with Gasteiger partial charge in [-0.15, -0.1) is 0 Å². The minimum absolute atomic E-state index is 0.151. The molecule has 1 aliphatic rings. The van der Waals surface area contributed by atoms with E-state index >= 15 is 0 Å². The Bertz CT molecular complexity index is 138. The summed E-state index contributed by atoms with van der Waals surface area (Å²) in [6, 6.07) is 0.164. The second-order valence-electron chi connectivity index (χ2n) is 2.67. The Hall–Kier alpha value is -0.600. The lowest BCUT2D eigenvalue weighted by Gasteiger charge is -2.17. The van der Waals surface area contributed by atoms with Crippen molar-refractivity contribution in [2.75, 3.05) is 13.7 Å². The van der Waals surface area contributed by atoms with Gasteiger partial charge in [0.15, 0.2) is 0 Å². The van der Waals surface area contributed by atoms with Crippen molar-refractivity contribution in [3.63, 3.8) is 0 Å². The number of carbonyl (C=O) groups excluding carboxylic acids is 1. The highest BCUT2D eigenvalue weighted by atomic mass is 19.1. The van der Waals surface area contributed by atoms with E-state index < -0.39 is 0 Å². The molecule has 0 bridgehead atoms. The van der Waals surface area contributed by atoms with Crippen LogP contribution in [0.15, 0.2) is 0 Å². The van der Waals surface area contributed by atoms with E-state index in [0.717, 1.165) is 6.42 Å². The molecule has 1 heterocycles. The molecule has 0 spiro atoms. The number of nitrogens with zero attached hydrogens (tertiary/aromatic N) is 1. The summed E-state index contributed by atoms with van der Waals surface area (Å²) in [4.78, 5) is 12.5. The summed E-state index contributed by atoms with van der Waals surface area (Å²) in [6.45, 7) is -0.317. The Balaban J connectivity index is 2.41. The predicted molar refractivity (Wildman–Crippen MR) is 36.4 cm³/mol. The Morgan fingerprint density at radius 1 is 1.80 bits per heavy atom. The fraction of sp³-hybridized carbons (Fsp3) is 0.857. The smallest absolute Gasteiger partial charge is 0.222 e. The third kappa shape index (κ3) is 1.28. The number of hydrogen-bond acceptors (Lipinski definition) is 1. The standard InChI is InChI=1S/C7H12FNO/c1-9-6(4-5-8)2-3-7(9)10/h6H,2-5H2,1H3. The van der Waals surface area contributed by atoms with E-state index in [4.69, 9.17) is 0 Å². The normalized spacial score (nSPS) is 26.0. The van der Waals surface area contributed by atoms with E-state index in [9.17, 15) is 9.18 Å². The zero-order valence-corrected chi connectivity index (χ0v) is 6.14. The summed E-state index contributed by atoms with van der Waals surface area (Å²) in [6.07, 6.45) is 1.93. The second kappa shape index (κ2) is 2.99. The largest absolute Gasteiger partial charge is 0.343 e. The first-order valence-electron chi connectivity index (χ1n) is 3.57. The van der Waals surface area contributed by atoms with Crippen LogP contribution in [0.5, 0.6) is 0 Å². The molecular weight excluding hydrogens is 133 g/mol. The van der Waals surface area contributed by atoms with Gasteiger partial charge in [-0.3, -0.25) is 9.18 Å². The van der Waals surface area contributed by atoms with E-state index in [-0.39, 0.29) is 18.6 Å². The number of likely N-dealkylation sites (tertiary alicyclic amines) is 1. The van der Waals surface area contributed by atoms with Gasteiger partial charge in [-0.05, 0) is 12.8 Å². The number of halogens is 1. The van der Waals surface area contributed by atoms with Crippen LogP contribution in [-0.2, 0) is 4.79 Å². The maximum Gasteiger partial charge on any atom is 0.222 e. The topological polar surface area (TPSA) is 20.3 Å². The van der Waals surface area contributed by atoms with Crippen LogP contribution in [0.25, 0.3) is 0 Å². The zero-order chi connectivity index (χ0) is 7.56. The van der Waals surface area contributed by atoms with Gasteiger partial charge in [0.05, 0.1) is 6.67 Å². The van der Waals surface area contributed by atoms with Crippen molar-refractivity contribution in [2.24, 2.45) is 0 Å². The average molecular weight is 145 g/mol. The Morgan fingerprint density at radius 3 is 2.90 bits per heavy atom. The van der Waals surface area contributed by atoms with Gasteiger partial charge < -0.3 is 4.90 Å². The summed E-state index contributed by atoms with van der Waals surface area (Å²) in [7, 11) is 1.75. The number of amides is 1. The monoisotopic (exact) mass is 145 g/mol. The van der Waals surface area contributed by atoms with Gasteiger partial charge in [-0.2, -0.15) is 0 Å². The molecule has 0 aromatic carbocycles. The molecule has 1 rings (SSSR count).